The molecular weight excluding hydrogens is 462 g/mol. The third kappa shape index (κ3) is 3.93. The molecule has 26 heavy (non-hydrogen) atoms. The number of thiazole rings is 1. The first-order valence-corrected chi connectivity index (χ1v) is 10.0. The second-order valence-corrected chi connectivity index (χ2v) is 9.07. The second kappa shape index (κ2) is 7.88. The molecule has 0 N–H and O–H groups in total. The Morgan fingerprint density at radius 1 is 1.15 bits per heavy atom. The predicted octanol–water partition coefficient (Wildman–Crippen LogP) is 5.29. The van der Waals surface area contributed by atoms with Crippen LogP contribution in [0.1, 0.15) is 10.4 Å². The summed E-state index contributed by atoms with van der Waals surface area (Å²) in [7, 11) is 1.27. The van der Waals surface area contributed by atoms with Crippen molar-refractivity contribution in [2.45, 2.75) is 6.54 Å². The number of benzene rings is 1. The van der Waals surface area contributed by atoms with Crippen LogP contribution in [0.15, 0.2) is 23.2 Å². The molecule has 0 fully saturated rings. The number of hydrogen-bond acceptors (Lipinski definition) is 5. The maximum absolute atomic E-state index is 12.5. The van der Waals surface area contributed by atoms with Crippen LogP contribution in [-0.4, -0.2) is 23.6 Å². The summed E-state index contributed by atoms with van der Waals surface area (Å²) in [6, 6.07) is 4.68. The Balaban J connectivity index is 2.22. The van der Waals surface area contributed by atoms with E-state index in [4.69, 9.17) is 51.1 Å². The van der Waals surface area contributed by atoms with Crippen LogP contribution in [0.5, 0.6) is 0 Å². The smallest absolute Gasteiger partial charge is 0.325 e. The number of esters is 1. The molecule has 0 atom stereocenters. The van der Waals surface area contributed by atoms with E-state index in [-0.39, 0.29) is 21.2 Å². The average Bonchev–Trinajstić information content (AvgIpc) is 3.06. The summed E-state index contributed by atoms with van der Waals surface area (Å²) in [5, 5.41) is 0.762. The summed E-state index contributed by atoms with van der Waals surface area (Å²) in [6.45, 7) is -0.165. The van der Waals surface area contributed by atoms with Crippen LogP contribution in [0.4, 0.5) is 0 Å². The standard InChI is InChI=1S/C15H8Cl4N2O3S2/c1-24-11(22)5-21-12-8(17)2-6(16)3-9(12)25-15(21)20-14(23)7-4-10(18)26-13(7)19/h2-4H,5H2,1H3. The Labute approximate surface area is 175 Å². The van der Waals surface area contributed by atoms with Gasteiger partial charge < -0.3 is 9.30 Å². The van der Waals surface area contributed by atoms with Crippen LogP contribution >= 0.6 is 69.1 Å². The van der Waals surface area contributed by atoms with Gasteiger partial charge in [0.25, 0.3) is 5.91 Å². The van der Waals surface area contributed by atoms with Crippen molar-refractivity contribution in [1.29, 1.82) is 0 Å². The summed E-state index contributed by atoms with van der Waals surface area (Å²) >= 11 is 26.4. The number of aromatic nitrogens is 1. The Hall–Kier alpha value is -1.09. The number of halogens is 4. The van der Waals surface area contributed by atoms with E-state index in [1.807, 2.05) is 0 Å². The number of nitrogens with zero attached hydrogens (tertiary/aromatic N) is 2. The fourth-order valence-corrected chi connectivity index (χ4v) is 5.45. The minimum Gasteiger partial charge on any atom is -0.468 e. The van der Waals surface area contributed by atoms with Gasteiger partial charge in [-0.1, -0.05) is 57.7 Å². The second-order valence-electron chi connectivity index (χ2n) is 4.94. The molecule has 136 valence electrons. The third-order valence-electron chi connectivity index (χ3n) is 3.29. The highest BCUT2D eigenvalue weighted by Crippen LogP contribution is 2.32. The molecule has 3 rings (SSSR count). The molecule has 0 aliphatic carbocycles. The molecule has 0 unspecified atom stereocenters. The highest BCUT2D eigenvalue weighted by atomic mass is 35.5. The van der Waals surface area contributed by atoms with Crippen LogP contribution in [0, 0.1) is 0 Å². The molecule has 0 radical (unpaired) electrons. The first kappa shape index (κ1) is 19.7. The van der Waals surface area contributed by atoms with Gasteiger partial charge in [-0.2, -0.15) is 4.99 Å². The van der Waals surface area contributed by atoms with Crippen LogP contribution in [0.2, 0.25) is 18.7 Å². The normalized spacial score (nSPS) is 12.0. The minimum absolute atomic E-state index is 0.165. The van der Waals surface area contributed by atoms with E-state index >= 15 is 0 Å². The van der Waals surface area contributed by atoms with Crippen LogP contribution < -0.4 is 4.80 Å². The maximum Gasteiger partial charge on any atom is 0.325 e. The van der Waals surface area contributed by atoms with E-state index in [1.54, 1.807) is 12.1 Å². The van der Waals surface area contributed by atoms with Gasteiger partial charge in [0.05, 0.1) is 32.2 Å². The van der Waals surface area contributed by atoms with Crippen LogP contribution in [0.3, 0.4) is 0 Å². The SMILES string of the molecule is COC(=O)Cn1c(=NC(=O)c2cc(Cl)sc2Cl)sc2cc(Cl)cc(Cl)c21. The van der Waals surface area contributed by atoms with Gasteiger partial charge in [-0.25, -0.2) is 0 Å². The summed E-state index contributed by atoms with van der Waals surface area (Å²) in [5.41, 5.74) is 0.723. The van der Waals surface area contributed by atoms with E-state index in [2.05, 4.69) is 4.99 Å². The zero-order chi connectivity index (χ0) is 19.0. The predicted molar refractivity (Wildman–Crippen MR) is 106 cm³/mol. The van der Waals surface area contributed by atoms with E-state index in [1.165, 1.54) is 29.1 Å². The van der Waals surface area contributed by atoms with Gasteiger partial charge in [0, 0.05) is 5.02 Å². The molecule has 0 spiro atoms. The zero-order valence-corrected chi connectivity index (χ0v) is 17.5. The minimum atomic E-state index is -0.578. The molecule has 0 saturated heterocycles. The Bertz CT molecular complexity index is 1100. The molecule has 1 aromatic carbocycles. The monoisotopic (exact) mass is 468 g/mol. The molecule has 0 bridgehead atoms. The molecule has 5 nitrogen and oxygen atoms in total. The van der Waals surface area contributed by atoms with E-state index in [0.29, 0.717) is 24.6 Å². The van der Waals surface area contributed by atoms with Crippen LogP contribution in [-0.2, 0) is 16.1 Å². The van der Waals surface area contributed by atoms with Crippen molar-refractivity contribution in [1.82, 2.24) is 4.57 Å². The Kier molecular flexibility index (Phi) is 5.96. The maximum atomic E-state index is 12.5. The number of hydrogen-bond donors (Lipinski definition) is 0. The van der Waals surface area contributed by atoms with Gasteiger partial charge in [0.1, 0.15) is 10.9 Å². The van der Waals surface area contributed by atoms with Gasteiger partial charge >= 0.3 is 5.97 Å². The van der Waals surface area contributed by atoms with Gasteiger partial charge in [-0.15, -0.1) is 11.3 Å². The van der Waals surface area contributed by atoms with Crippen molar-refractivity contribution in [3.63, 3.8) is 0 Å². The fourth-order valence-electron chi connectivity index (χ4n) is 2.19. The van der Waals surface area contributed by atoms with Gasteiger partial charge in [-0.3, -0.25) is 9.59 Å². The number of ether oxygens (including phenoxy) is 1. The van der Waals surface area contributed by atoms with Gasteiger partial charge in [0.15, 0.2) is 4.80 Å². The molecule has 2 aromatic heterocycles. The number of carbonyl (C=O) groups is 2. The number of methoxy groups -OCH3 is 1. The van der Waals surface area contributed by atoms with E-state index < -0.39 is 11.9 Å². The summed E-state index contributed by atoms with van der Waals surface area (Å²) in [6.07, 6.45) is 0. The fraction of sp³-hybridized carbons (Fsp3) is 0.133. The zero-order valence-electron chi connectivity index (χ0n) is 12.9. The summed E-state index contributed by atoms with van der Waals surface area (Å²) in [4.78, 5) is 28.7. The van der Waals surface area contributed by atoms with Gasteiger partial charge in [-0.05, 0) is 18.2 Å². The quantitative estimate of drug-likeness (QED) is 0.489. The number of fused-ring (bicyclic) bond motifs is 1. The molecule has 0 saturated carbocycles. The summed E-state index contributed by atoms with van der Waals surface area (Å²) < 4.78 is 7.51. The van der Waals surface area contributed by atoms with Crippen molar-refractivity contribution in [2.75, 3.05) is 7.11 Å². The Morgan fingerprint density at radius 3 is 2.50 bits per heavy atom. The Morgan fingerprint density at radius 2 is 1.88 bits per heavy atom. The highest BCUT2D eigenvalue weighted by molar-refractivity contribution is 7.20. The average molecular weight is 470 g/mol. The molecule has 0 aliphatic heterocycles. The van der Waals surface area contributed by atoms with Gasteiger partial charge in [0.2, 0.25) is 0 Å². The molecule has 2 heterocycles. The lowest BCUT2D eigenvalue weighted by Crippen LogP contribution is -2.22. The van der Waals surface area contributed by atoms with E-state index in [0.717, 1.165) is 11.3 Å². The first-order chi connectivity index (χ1) is 12.3. The van der Waals surface area contributed by atoms with Crippen LogP contribution in [0.25, 0.3) is 10.2 Å². The molecule has 3 aromatic rings. The lowest BCUT2D eigenvalue weighted by Gasteiger charge is -2.05. The molecule has 0 aliphatic rings. The molecule has 1 amide bonds. The lowest BCUT2D eigenvalue weighted by atomic mass is 10.3. The number of thiophene rings is 1. The van der Waals surface area contributed by atoms with Crippen molar-refractivity contribution in [3.05, 3.63) is 47.3 Å². The van der Waals surface area contributed by atoms with Crippen molar-refractivity contribution >= 4 is 91.2 Å². The van der Waals surface area contributed by atoms with Crippen molar-refractivity contribution in [2.24, 2.45) is 4.99 Å². The topological polar surface area (TPSA) is 60.7 Å². The number of carbonyl (C=O) groups excluding carboxylic acids is 2. The largest absolute Gasteiger partial charge is 0.468 e. The number of amides is 1. The molecular formula is C15H8Cl4N2O3S2. The summed E-state index contributed by atoms with van der Waals surface area (Å²) in [5.74, 6) is -1.09. The lowest BCUT2D eigenvalue weighted by molar-refractivity contribution is -0.141. The number of rotatable bonds is 3. The third-order valence-corrected chi connectivity index (χ3v) is 6.31. The van der Waals surface area contributed by atoms with E-state index in [9.17, 15) is 9.59 Å². The first-order valence-electron chi connectivity index (χ1n) is 6.89. The van der Waals surface area contributed by atoms with Crippen molar-refractivity contribution in [3.8, 4) is 0 Å². The highest BCUT2D eigenvalue weighted by Gasteiger charge is 2.17. The molecule has 11 heteroatoms. The van der Waals surface area contributed by atoms with Crippen molar-refractivity contribution < 1.29 is 14.3 Å².